The van der Waals surface area contributed by atoms with Gasteiger partial charge in [-0.15, -0.1) is 0 Å². The van der Waals surface area contributed by atoms with E-state index in [1.807, 2.05) is 48.7 Å². The van der Waals surface area contributed by atoms with Crippen LogP contribution >= 0.6 is 0 Å². The molecule has 0 atom stereocenters. The van der Waals surface area contributed by atoms with Crippen LogP contribution in [-0.2, 0) is 27.7 Å². The van der Waals surface area contributed by atoms with E-state index in [1.165, 1.54) is 15.3 Å². The molecule has 1 aliphatic heterocycles. The molecule has 0 saturated carbocycles. The number of hydrogen-bond acceptors (Lipinski definition) is 3. The molecule has 1 amide bonds. The third kappa shape index (κ3) is 4.29. The van der Waals surface area contributed by atoms with Gasteiger partial charge in [0.15, 0.2) is 0 Å². The van der Waals surface area contributed by atoms with Gasteiger partial charge in [0.2, 0.25) is 15.9 Å². The van der Waals surface area contributed by atoms with E-state index >= 15 is 0 Å². The van der Waals surface area contributed by atoms with Crippen LogP contribution < -0.4 is 9.62 Å². The van der Waals surface area contributed by atoms with Crippen LogP contribution in [0.2, 0.25) is 0 Å². The first-order valence-corrected chi connectivity index (χ1v) is 11.6. The Morgan fingerprint density at radius 1 is 1.10 bits per heavy atom. The van der Waals surface area contributed by atoms with Crippen molar-refractivity contribution in [2.24, 2.45) is 0 Å². The molecule has 0 radical (unpaired) electrons. The van der Waals surface area contributed by atoms with Gasteiger partial charge in [0.05, 0.1) is 11.4 Å². The highest BCUT2D eigenvalue weighted by atomic mass is 32.2. The fourth-order valence-corrected chi connectivity index (χ4v) is 5.32. The Hall–Kier alpha value is -2.80. The summed E-state index contributed by atoms with van der Waals surface area (Å²) in [7, 11) is -3.43. The van der Waals surface area contributed by atoms with E-state index in [-0.39, 0.29) is 18.2 Å². The molecule has 29 heavy (non-hydrogen) atoms. The first kappa shape index (κ1) is 19.5. The monoisotopic (exact) mass is 411 g/mol. The topological polar surface area (TPSA) is 82.3 Å². The molecule has 0 aliphatic carbocycles. The van der Waals surface area contributed by atoms with Crippen molar-refractivity contribution in [2.75, 3.05) is 23.1 Å². The van der Waals surface area contributed by atoms with E-state index in [9.17, 15) is 13.2 Å². The molecule has 6 nitrogen and oxygen atoms in total. The number of hydrogen-bond donors (Lipinski definition) is 2. The van der Waals surface area contributed by atoms with E-state index in [1.54, 1.807) is 0 Å². The van der Waals surface area contributed by atoms with Crippen molar-refractivity contribution in [1.29, 1.82) is 0 Å². The molecule has 4 rings (SSSR count). The van der Waals surface area contributed by atoms with Crippen molar-refractivity contribution >= 4 is 32.5 Å². The molecule has 2 heterocycles. The van der Waals surface area contributed by atoms with Crippen LogP contribution in [0.15, 0.2) is 54.7 Å². The second-order valence-electron chi connectivity index (χ2n) is 7.33. The number of carbonyl (C=O) groups excluding carboxylic acids is 1. The molecule has 0 saturated heterocycles. The molecule has 0 spiro atoms. The van der Waals surface area contributed by atoms with Crippen LogP contribution in [0.1, 0.15) is 24.0 Å². The maximum Gasteiger partial charge on any atom is 0.236 e. The largest absolute Gasteiger partial charge is 0.361 e. The summed E-state index contributed by atoms with van der Waals surface area (Å²) in [5.41, 5.74) is 4.11. The molecule has 0 bridgehead atoms. The fourth-order valence-electron chi connectivity index (χ4n) is 3.89. The van der Waals surface area contributed by atoms with E-state index in [0.29, 0.717) is 13.0 Å². The van der Waals surface area contributed by atoms with Gasteiger partial charge < -0.3 is 10.3 Å². The van der Waals surface area contributed by atoms with Gasteiger partial charge >= 0.3 is 0 Å². The van der Waals surface area contributed by atoms with Crippen molar-refractivity contribution in [1.82, 2.24) is 10.3 Å². The number of aromatic nitrogens is 1. The van der Waals surface area contributed by atoms with Crippen LogP contribution in [-0.4, -0.2) is 38.2 Å². The zero-order chi connectivity index (χ0) is 20.3. The van der Waals surface area contributed by atoms with E-state index < -0.39 is 10.0 Å². The zero-order valence-corrected chi connectivity index (χ0v) is 17.0. The summed E-state index contributed by atoms with van der Waals surface area (Å²) in [4.78, 5) is 15.4. The lowest BCUT2D eigenvalue weighted by atomic mass is 10.1. The number of amides is 1. The number of aromatic amines is 1. The van der Waals surface area contributed by atoms with Crippen LogP contribution in [0.3, 0.4) is 0 Å². The lowest BCUT2D eigenvalue weighted by Gasteiger charge is -2.19. The number of nitrogens with one attached hydrogen (secondary N) is 2. The molecular formula is C22H25N3O3S. The predicted octanol–water partition coefficient (Wildman–Crippen LogP) is 3.00. The first-order valence-electron chi connectivity index (χ1n) is 9.94. The Morgan fingerprint density at radius 3 is 2.79 bits per heavy atom. The second-order valence-corrected chi connectivity index (χ2v) is 9.34. The number of anilines is 1. The number of benzene rings is 2. The van der Waals surface area contributed by atoms with Crippen molar-refractivity contribution in [3.63, 3.8) is 0 Å². The number of carbonyl (C=O) groups is 1. The molecule has 0 fully saturated rings. The SMILES string of the molecule is O=C(CCCc1c[nH]c2ccccc12)NCCS(=O)(=O)N1CCc2ccccc21. The van der Waals surface area contributed by atoms with Gasteiger partial charge in [-0.3, -0.25) is 9.10 Å². The van der Waals surface area contributed by atoms with Gasteiger partial charge in [0.25, 0.3) is 0 Å². The Labute approximate surface area is 171 Å². The van der Waals surface area contributed by atoms with E-state index in [0.717, 1.165) is 36.0 Å². The minimum Gasteiger partial charge on any atom is -0.361 e. The summed E-state index contributed by atoms with van der Waals surface area (Å²) in [6, 6.07) is 15.7. The average molecular weight is 412 g/mol. The smallest absolute Gasteiger partial charge is 0.236 e. The first-order chi connectivity index (χ1) is 14.0. The number of H-pyrrole nitrogens is 1. The Bertz CT molecular complexity index is 1120. The van der Waals surface area contributed by atoms with E-state index in [2.05, 4.69) is 16.4 Å². The lowest BCUT2D eigenvalue weighted by Crippen LogP contribution is -2.36. The Kier molecular flexibility index (Phi) is 5.58. The summed E-state index contributed by atoms with van der Waals surface area (Å²) >= 11 is 0. The fraction of sp³-hybridized carbons (Fsp3) is 0.318. The highest BCUT2D eigenvalue weighted by Crippen LogP contribution is 2.29. The highest BCUT2D eigenvalue weighted by Gasteiger charge is 2.28. The standard InChI is InChI=1S/C22H25N3O3S/c26-22(11-5-7-18-16-24-20-9-3-2-8-19(18)20)23-13-15-29(27,28)25-14-12-17-6-1-4-10-21(17)25/h1-4,6,8-10,16,24H,5,7,11-15H2,(H,23,26). The predicted molar refractivity (Wildman–Crippen MR) is 116 cm³/mol. The third-order valence-corrected chi connectivity index (χ3v) is 7.16. The number of fused-ring (bicyclic) bond motifs is 2. The zero-order valence-electron chi connectivity index (χ0n) is 16.2. The average Bonchev–Trinajstić information content (AvgIpc) is 3.33. The molecule has 1 aromatic heterocycles. The number of nitrogens with zero attached hydrogens (tertiary/aromatic N) is 1. The molecule has 0 unspecified atom stereocenters. The van der Waals surface area contributed by atoms with Crippen LogP contribution in [0.25, 0.3) is 10.9 Å². The van der Waals surface area contributed by atoms with Gasteiger partial charge in [-0.05, 0) is 42.5 Å². The summed E-state index contributed by atoms with van der Waals surface area (Å²) in [5, 5.41) is 3.94. The second kappa shape index (κ2) is 8.29. The van der Waals surface area contributed by atoms with Gasteiger partial charge in [-0.1, -0.05) is 36.4 Å². The molecule has 3 aromatic rings. The number of para-hydroxylation sites is 2. The molecule has 1 aliphatic rings. The maximum absolute atomic E-state index is 12.6. The number of aryl methyl sites for hydroxylation is 1. The number of rotatable bonds is 8. The quantitative estimate of drug-likeness (QED) is 0.598. The van der Waals surface area contributed by atoms with Crippen LogP contribution in [0.5, 0.6) is 0 Å². The summed E-state index contributed by atoms with van der Waals surface area (Å²) in [5.74, 6) is -0.197. The minimum atomic E-state index is -3.43. The highest BCUT2D eigenvalue weighted by molar-refractivity contribution is 7.92. The van der Waals surface area contributed by atoms with E-state index in [4.69, 9.17) is 0 Å². The maximum atomic E-state index is 12.6. The van der Waals surface area contributed by atoms with Crippen molar-refractivity contribution < 1.29 is 13.2 Å². The summed E-state index contributed by atoms with van der Waals surface area (Å²) < 4.78 is 26.7. The number of sulfonamides is 1. The Morgan fingerprint density at radius 2 is 1.90 bits per heavy atom. The van der Waals surface area contributed by atoms with Crippen molar-refractivity contribution in [3.8, 4) is 0 Å². The molecule has 152 valence electrons. The van der Waals surface area contributed by atoms with Crippen molar-refractivity contribution in [2.45, 2.75) is 25.7 Å². The summed E-state index contributed by atoms with van der Waals surface area (Å²) in [6.45, 7) is 0.604. The third-order valence-electron chi connectivity index (χ3n) is 5.39. The van der Waals surface area contributed by atoms with Crippen LogP contribution in [0.4, 0.5) is 5.69 Å². The molecule has 2 N–H and O–H groups in total. The molecular weight excluding hydrogens is 386 g/mol. The normalized spacial score (nSPS) is 13.6. The minimum absolute atomic E-state index is 0.0878. The van der Waals surface area contributed by atoms with Gasteiger partial charge in [-0.2, -0.15) is 0 Å². The van der Waals surface area contributed by atoms with Gasteiger partial charge in [0.1, 0.15) is 0 Å². The van der Waals surface area contributed by atoms with Gasteiger partial charge in [0, 0.05) is 36.6 Å². The lowest BCUT2D eigenvalue weighted by molar-refractivity contribution is -0.121. The Balaban J connectivity index is 1.23. The molecule has 7 heteroatoms. The van der Waals surface area contributed by atoms with Crippen LogP contribution in [0, 0.1) is 0 Å². The summed E-state index contributed by atoms with van der Waals surface area (Å²) in [6.07, 6.45) is 4.63. The van der Waals surface area contributed by atoms with Crippen molar-refractivity contribution in [3.05, 3.63) is 65.9 Å². The molecule has 2 aromatic carbocycles. The van der Waals surface area contributed by atoms with Gasteiger partial charge in [-0.25, -0.2) is 8.42 Å².